The Labute approximate surface area is 70.8 Å². The molecule has 8 heavy (non-hydrogen) atoms. The smallest absolute Gasteiger partial charge is 0.337 e. The van der Waals surface area contributed by atoms with Crippen molar-refractivity contribution in [1.29, 1.82) is 10.5 Å². The standard InChI is InChI=1S/2CH2N2.Co.Zn/c2*2-1-3;;/h2*2H2;;/q;;2*+2. The first kappa shape index (κ1) is 25.2. The topological polar surface area (TPSA) is 99.6 Å². The van der Waals surface area contributed by atoms with E-state index in [1.165, 1.54) is 12.4 Å². The van der Waals surface area contributed by atoms with E-state index in [-0.39, 0.29) is 36.3 Å². The molecule has 0 aromatic carbocycles. The fraction of sp³-hybridized carbons (Fsp3) is 0. The molecule has 0 amide bonds. The molecule has 0 bridgehead atoms. The maximum absolute atomic E-state index is 7.10. The van der Waals surface area contributed by atoms with E-state index in [1.54, 1.807) is 0 Å². The molecule has 0 rings (SSSR count). The van der Waals surface area contributed by atoms with E-state index in [4.69, 9.17) is 10.5 Å². The third-order valence-corrected chi connectivity index (χ3v) is 0. The van der Waals surface area contributed by atoms with E-state index in [2.05, 4.69) is 11.5 Å². The first-order valence-electron chi connectivity index (χ1n) is 1.02. The predicted octanol–water partition coefficient (Wildman–Crippen LogP) is -1.15. The van der Waals surface area contributed by atoms with Gasteiger partial charge in [-0.25, -0.2) is 0 Å². The van der Waals surface area contributed by atoms with Crippen molar-refractivity contribution in [2.24, 2.45) is 11.5 Å². The quantitative estimate of drug-likeness (QED) is 0.298. The van der Waals surface area contributed by atoms with Crippen LogP contribution in [0.5, 0.6) is 0 Å². The summed E-state index contributed by atoms with van der Waals surface area (Å²) in [6.07, 6.45) is 2.50. The summed E-state index contributed by atoms with van der Waals surface area (Å²) in [4.78, 5) is 0. The minimum absolute atomic E-state index is 0. The van der Waals surface area contributed by atoms with Crippen LogP contribution in [0.1, 0.15) is 0 Å². The largest absolute Gasteiger partial charge is 2.00 e. The summed E-state index contributed by atoms with van der Waals surface area (Å²) in [5.74, 6) is 0. The van der Waals surface area contributed by atoms with E-state index >= 15 is 0 Å². The van der Waals surface area contributed by atoms with Gasteiger partial charge in [0.2, 0.25) is 0 Å². The zero-order valence-electron chi connectivity index (χ0n) is 4.09. The van der Waals surface area contributed by atoms with Gasteiger partial charge in [0.1, 0.15) is 0 Å². The number of nitriles is 2. The second-order valence-corrected chi connectivity index (χ2v) is 0.258. The van der Waals surface area contributed by atoms with Gasteiger partial charge in [-0.3, -0.25) is 0 Å². The number of hydrogen-bond acceptors (Lipinski definition) is 4. The Balaban J connectivity index is -0.0000000160. The van der Waals surface area contributed by atoms with Gasteiger partial charge in [0.05, 0.1) is 0 Å². The van der Waals surface area contributed by atoms with Crippen LogP contribution in [0.15, 0.2) is 0 Å². The minimum Gasteiger partial charge on any atom is -0.337 e. The second-order valence-electron chi connectivity index (χ2n) is 0.258. The van der Waals surface area contributed by atoms with Crippen molar-refractivity contribution in [2.75, 3.05) is 0 Å². The Hall–Kier alpha value is -0.290. The average molecular weight is 208 g/mol. The van der Waals surface area contributed by atoms with E-state index in [0.29, 0.717) is 0 Å². The van der Waals surface area contributed by atoms with Crippen LogP contribution >= 0.6 is 0 Å². The van der Waals surface area contributed by atoms with Crippen LogP contribution < -0.4 is 11.5 Å². The fourth-order valence-electron chi connectivity index (χ4n) is 0. The van der Waals surface area contributed by atoms with E-state index in [1.807, 2.05) is 0 Å². The summed E-state index contributed by atoms with van der Waals surface area (Å²) in [5, 5.41) is 14.2. The van der Waals surface area contributed by atoms with Crippen LogP contribution in [0.25, 0.3) is 0 Å². The third-order valence-electron chi connectivity index (χ3n) is 0. The van der Waals surface area contributed by atoms with Gasteiger partial charge < -0.3 is 11.5 Å². The number of rotatable bonds is 0. The molecule has 0 unspecified atom stereocenters. The maximum Gasteiger partial charge on any atom is 2.00 e. The molecular weight excluding hydrogens is 204 g/mol. The Morgan fingerprint density at radius 2 is 1.00 bits per heavy atom. The summed E-state index contributed by atoms with van der Waals surface area (Å²) in [6, 6.07) is 0. The molecule has 0 fully saturated rings. The molecule has 39 valence electrons. The second kappa shape index (κ2) is 74.8. The molecule has 0 saturated heterocycles. The number of nitrogens with zero attached hydrogens (tertiary/aromatic N) is 2. The van der Waals surface area contributed by atoms with Crippen molar-refractivity contribution >= 4 is 0 Å². The molecule has 0 aromatic heterocycles. The van der Waals surface area contributed by atoms with Crippen LogP contribution in [0.4, 0.5) is 0 Å². The molecule has 6 heteroatoms. The zero-order chi connectivity index (χ0) is 5.41. The van der Waals surface area contributed by atoms with Crippen LogP contribution in [0, 0.1) is 22.9 Å². The van der Waals surface area contributed by atoms with Gasteiger partial charge in [-0.15, -0.1) is 0 Å². The Morgan fingerprint density at radius 1 is 1.00 bits per heavy atom. The Bertz CT molecular complexity index is 69.0. The normalized spacial score (nSPS) is 1.75. The average Bonchev–Trinajstić information content (AvgIpc) is 1.39. The molecule has 0 atom stereocenters. The van der Waals surface area contributed by atoms with Gasteiger partial charge in [0.25, 0.3) is 0 Å². The van der Waals surface area contributed by atoms with Crippen LogP contribution in [0.3, 0.4) is 0 Å². The predicted molar refractivity (Wildman–Crippen MR) is 19.6 cm³/mol. The van der Waals surface area contributed by atoms with Gasteiger partial charge in [-0.1, -0.05) is 0 Å². The molecule has 4 nitrogen and oxygen atoms in total. The third kappa shape index (κ3) is 1500. The molecular formula is C2H4CoN4Zn+4. The van der Waals surface area contributed by atoms with Gasteiger partial charge in [-0.2, -0.15) is 10.5 Å². The monoisotopic (exact) mass is 207 g/mol. The molecule has 0 aliphatic heterocycles. The van der Waals surface area contributed by atoms with Crippen LogP contribution in [0.2, 0.25) is 0 Å². The van der Waals surface area contributed by atoms with Crippen LogP contribution in [-0.2, 0) is 36.3 Å². The van der Waals surface area contributed by atoms with Crippen molar-refractivity contribution in [3.05, 3.63) is 0 Å². The summed E-state index contributed by atoms with van der Waals surface area (Å²) < 4.78 is 0. The number of hydrogen-bond donors (Lipinski definition) is 2. The molecule has 0 spiro atoms. The van der Waals surface area contributed by atoms with Gasteiger partial charge in [0, 0.05) is 0 Å². The van der Waals surface area contributed by atoms with Crippen LogP contribution in [-0.4, -0.2) is 0 Å². The van der Waals surface area contributed by atoms with E-state index in [0.717, 1.165) is 0 Å². The SMILES string of the molecule is N#CN.N#CN.[Co+2].[Zn+2]. The molecule has 4 N–H and O–H groups in total. The fourth-order valence-corrected chi connectivity index (χ4v) is 0. The molecule has 0 aliphatic carbocycles. The van der Waals surface area contributed by atoms with Gasteiger partial charge in [0.15, 0.2) is 12.4 Å². The summed E-state index contributed by atoms with van der Waals surface area (Å²) >= 11 is 0. The van der Waals surface area contributed by atoms with Crippen molar-refractivity contribution in [1.82, 2.24) is 0 Å². The summed E-state index contributed by atoms with van der Waals surface area (Å²) in [7, 11) is 0. The number of nitrogens with two attached hydrogens (primary N) is 2. The first-order valence-corrected chi connectivity index (χ1v) is 1.02. The Morgan fingerprint density at radius 3 is 1.00 bits per heavy atom. The van der Waals surface area contributed by atoms with Crippen molar-refractivity contribution < 1.29 is 36.3 Å². The van der Waals surface area contributed by atoms with Gasteiger partial charge in [-0.05, 0) is 0 Å². The Kier molecular flexibility index (Phi) is 236. The molecule has 0 saturated carbocycles. The molecule has 0 heterocycles. The molecule has 0 aliphatic rings. The summed E-state index contributed by atoms with van der Waals surface area (Å²) in [5.41, 5.74) is 8.31. The van der Waals surface area contributed by atoms with Crippen molar-refractivity contribution in [3.63, 3.8) is 0 Å². The summed E-state index contributed by atoms with van der Waals surface area (Å²) in [6.45, 7) is 0. The maximum atomic E-state index is 7.10. The van der Waals surface area contributed by atoms with Crippen molar-refractivity contribution in [2.45, 2.75) is 0 Å². The van der Waals surface area contributed by atoms with Gasteiger partial charge >= 0.3 is 36.3 Å². The molecule has 0 aromatic rings. The van der Waals surface area contributed by atoms with E-state index < -0.39 is 0 Å². The zero-order valence-corrected chi connectivity index (χ0v) is 8.10. The molecule has 1 radical (unpaired) electrons. The van der Waals surface area contributed by atoms with E-state index in [9.17, 15) is 0 Å². The minimum atomic E-state index is 0. The van der Waals surface area contributed by atoms with Crippen molar-refractivity contribution in [3.8, 4) is 12.4 Å². The first-order chi connectivity index (χ1) is 2.83.